The number of rotatable bonds is 4. The third kappa shape index (κ3) is 4.35. The molecule has 0 aromatic heterocycles. The van der Waals surface area contributed by atoms with Crippen LogP contribution < -0.4 is 0 Å². The molecule has 12 heavy (non-hydrogen) atoms. The number of carbonyl (C=O) groups is 1. The SMILES string of the molecule is C#C/C(=C/C)O/C=C/C(=O)CC. The van der Waals surface area contributed by atoms with E-state index in [1.165, 1.54) is 12.3 Å². The summed E-state index contributed by atoms with van der Waals surface area (Å²) in [7, 11) is 0. The third-order valence-corrected chi connectivity index (χ3v) is 1.20. The topological polar surface area (TPSA) is 26.3 Å². The summed E-state index contributed by atoms with van der Waals surface area (Å²) in [6.07, 6.45) is 9.87. The Hall–Kier alpha value is -1.49. The molecule has 0 aromatic carbocycles. The molecule has 0 radical (unpaired) electrons. The van der Waals surface area contributed by atoms with Crippen LogP contribution in [0.4, 0.5) is 0 Å². The van der Waals surface area contributed by atoms with Crippen molar-refractivity contribution in [2.75, 3.05) is 0 Å². The molecule has 0 aromatic rings. The Kier molecular flexibility index (Phi) is 5.46. The van der Waals surface area contributed by atoms with Gasteiger partial charge >= 0.3 is 0 Å². The van der Waals surface area contributed by atoms with Gasteiger partial charge in [-0.2, -0.15) is 0 Å². The van der Waals surface area contributed by atoms with E-state index in [9.17, 15) is 4.79 Å². The quantitative estimate of drug-likeness (QED) is 0.361. The predicted octanol–water partition coefficient (Wildman–Crippen LogP) is 2.03. The highest BCUT2D eigenvalue weighted by molar-refractivity contribution is 5.89. The zero-order valence-corrected chi connectivity index (χ0v) is 7.33. The number of hydrogen-bond acceptors (Lipinski definition) is 2. The summed E-state index contributed by atoms with van der Waals surface area (Å²) in [4.78, 5) is 10.7. The van der Waals surface area contributed by atoms with Crippen LogP contribution in [0.15, 0.2) is 24.2 Å². The summed E-state index contributed by atoms with van der Waals surface area (Å²) in [6, 6.07) is 0. The van der Waals surface area contributed by atoms with Gasteiger partial charge in [-0.15, -0.1) is 6.42 Å². The molecule has 64 valence electrons. The van der Waals surface area contributed by atoms with Crippen LogP contribution in [0.2, 0.25) is 0 Å². The van der Waals surface area contributed by atoms with Crippen molar-refractivity contribution >= 4 is 5.78 Å². The summed E-state index contributed by atoms with van der Waals surface area (Å²) >= 11 is 0. The summed E-state index contributed by atoms with van der Waals surface area (Å²) in [6.45, 7) is 3.55. The second-order valence-corrected chi connectivity index (χ2v) is 2.04. The molecule has 0 bridgehead atoms. The summed E-state index contributed by atoms with van der Waals surface area (Å²) in [5, 5.41) is 0. The normalized spacial score (nSPS) is 11.2. The van der Waals surface area contributed by atoms with Gasteiger partial charge in [-0.25, -0.2) is 0 Å². The van der Waals surface area contributed by atoms with Crippen LogP contribution in [0.5, 0.6) is 0 Å². The first-order chi connectivity index (χ1) is 5.74. The molecule has 2 heteroatoms. The lowest BCUT2D eigenvalue weighted by Gasteiger charge is -1.94. The lowest BCUT2D eigenvalue weighted by molar-refractivity contribution is -0.114. The molecule has 0 N–H and O–H groups in total. The lowest BCUT2D eigenvalue weighted by atomic mass is 10.3. The fraction of sp³-hybridized carbons (Fsp3) is 0.300. The molecule has 0 saturated heterocycles. The van der Waals surface area contributed by atoms with Crippen molar-refractivity contribution in [3.63, 3.8) is 0 Å². The molecular weight excluding hydrogens is 152 g/mol. The Labute approximate surface area is 72.9 Å². The molecule has 0 spiro atoms. The molecule has 0 amide bonds. The van der Waals surface area contributed by atoms with Gasteiger partial charge in [0, 0.05) is 12.5 Å². The van der Waals surface area contributed by atoms with Gasteiger partial charge in [-0.3, -0.25) is 4.79 Å². The van der Waals surface area contributed by atoms with Crippen LogP contribution in [0.25, 0.3) is 0 Å². The number of carbonyl (C=O) groups excluding carboxylic acids is 1. The Morgan fingerprint density at radius 2 is 2.33 bits per heavy atom. The fourth-order valence-corrected chi connectivity index (χ4v) is 0.486. The van der Waals surface area contributed by atoms with Gasteiger partial charge in [0.05, 0.1) is 6.26 Å². The van der Waals surface area contributed by atoms with Crippen LogP contribution >= 0.6 is 0 Å². The highest BCUT2D eigenvalue weighted by atomic mass is 16.5. The number of ether oxygens (including phenoxy) is 1. The highest BCUT2D eigenvalue weighted by Crippen LogP contribution is 1.95. The lowest BCUT2D eigenvalue weighted by Crippen LogP contribution is -1.88. The molecule has 0 aliphatic rings. The summed E-state index contributed by atoms with van der Waals surface area (Å²) in [5.74, 6) is 2.75. The van der Waals surface area contributed by atoms with E-state index in [-0.39, 0.29) is 5.78 Å². The first-order valence-electron chi connectivity index (χ1n) is 3.73. The van der Waals surface area contributed by atoms with Crippen LogP contribution in [-0.2, 0) is 9.53 Å². The van der Waals surface area contributed by atoms with Gasteiger partial charge in [0.1, 0.15) is 0 Å². The van der Waals surface area contributed by atoms with Crippen LogP contribution in [0.1, 0.15) is 20.3 Å². The minimum Gasteiger partial charge on any atom is -0.456 e. The van der Waals surface area contributed by atoms with Crippen molar-refractivity contribution < 1.29 is 9.53 Å². The zero-order chi connectivity index (χ0) is 9.40. The Bertz CT molecular complexity index is 241. The predicted molar refractivity (Wildman–Crippen MR) is 48.1 cm³/mol. The Balaban J connectivity index is 3.91. The van der Waals surface area contributed by atoms with E-state index >= 15 is 0 Å². The summed E-state index contributed by atoms with van der Waals surface area (Å²) < 4.78 is 4.94. The van der Waals surface area contributed by atoms with E-state index < -0.39 is 0 Å². The van der Waals surface area contributed by atoms with Gasteiger partial charge in [0.15, 0.2) is 11.5 Å². The van der Waals surface area contributed by atoms with E-state index in [1.54, 1.807) is 19.9 Å². The molecule has 0 fully saturated rings. The average Bonchev–Trinajstić information content (AvgIpc) is 2.12. The molecule has 0 atom stereocenters. The van der Waals surface area contributed by atoms with Crippen LogP contribution in [-0.4, -0.2) is 5.78 Å². The number of ketones is 1. The number of allylic oxidation sites excluding steroid dienone is 3. The minimum atomic E-state index is 0.0162. The van der Waals surface area contributed by atoms with Crippen LogP contribution in [0, 0.1) is 12.3 Å². The maximum atomic E-state index is 10.7. The highest BCUT2D eigenvalue weighted by Gasteiger charge is 1.90. The molecular formula is C10H12O2. The van der Waals surface area contributed by atoms with Crippen molar-refractivity contribution in [1.29, 1.82) is 0 Å². The van der Waals surface area contributed by atoms with Crippen molar-refractivity contribution in [2.45, 2.75) is 20.3 Å². The molecule has 0 rings (SSSR count). The molecule has 2 nitrogen and oxygen atoms in total. The maximum absolute atomic E-state index is 10.7. The molecule has 0 heterocycles. The van der Waals surface area contributed by atoms with Crippen molar-refractivity contribution in [3.8, 4) is 12.3 Å². The van der Waals surface area contributed by atoms with Gasteiger partial charge < -0.3 is 4.74 Å². The number of hydrogen-bond donors (Lipinski definition) is 0. The van der Waals surface area contributed by atoms with E-state index in [4.69, 9.17) is 11.2 Å². The van der Waals surface area contributed by atoms with E-state index in [0.717, 1.165) is 0 Å². The average molecular weight is 164 g/mol. The van der Waals surface area contributed by atoms with Gasteiger partial charge in [-0.05, 0) is 18.9 Å². The molecule has 0 saturated carbocycles. The molecule has 0 aliphatic heterocycles. The minimum absolute atomic E-state index is 0.0162. The molecule has 0 unspecified atom stereocenters. The van der Waals surface area contributed by atoms with Crippen molar-refractivity contribution in [3.05, 3.63) is 24.2 Å². The summed E-state index contributed by atoms with van der Waals surface area (Å²) in [5.41, 5.74) is 0. The number of terminal acetylenes is 1. The largest absolute Gasteiger partial charge is 0.456 e. The molecule has 0 aliphatic carbocycles. The van der Waals surface area contributed by atoms with Gasteiger partial charge in [0.25, 0.3) is 0 Å². The maximum Gasteiger partial charge on any atom is 0.171 e. The van der Waals surface area contributed by atoms with E-state index in [2.05, 4.69) is 5.92 Å². The van der Waals surface area contributed by atoms with Crippen molar-refractivity contribution in [2.24, 2.45) is 0 Å². The van der Waals surface area contributed by atoms with Crippen molar-refractivity contribution in [1.82, 2.24) is 0 Å². The Morgan fingerprint density at radius 1 is 1.67 bits per heavy atom. The fourth-order valence-electron chi connectivity index (χ4n) is 0.486. The third-order valence-electron chi connectivity index (χ3n) is 1.20. The smallest absolute Gasteiger partial charge is 0.171 e. The van der Waals surface area contributed by atoms with Crippen LogP contribution in [0.3, 0.4) is 0 Å². The second-order valence-electron chi connectivity index (χ2n) is 2.04. The van der Waals surface area contributed by atoms with Gasteiger partial charge in [0.2, 0.25) is 0 Å². The monoisotopic (exact) mass is 164 g/mol. The first-order valence-corrected chi connectivity index (χ1v) is 3.73. The van der Waals surface area contributed by atoms with Gasteiger partial charge in [-0.1, -0.05) is 6.92 Å². The standard InChI is InChI=1S/C10H12O2/c1-4-9(11)7-8-12-10(5-2)6-3/h2,6-8H,4H2,1,3H3/b8-7+,10-6-. The van der Waals surface area contributed by atoms with E-state index in [0.29, 0.717) is 12.2 Å². The van der Waals surface area contributed by atoms with E-state index in [1.807, 2.05) is 0 Å². The second kappa shape index (κ2) is 6.23. The first kappa shape index (κ1) is 10.5. The zero-order valence-electron chi connectivity index (χ0n) is 7.33. The Morgan fingerprint density at radius 3 is 2.75 bits per heavy atom.